The van der Waals surface area contributed by atoms with Gasteiger partial charge in [0, 0.05) is 5.92 Å². The van der Waals surface area contributed by atoms with Gasteiger partial charge in [0.25, 0.3) is 0 Å². The van der Waals surface area contributed by atoms with Crippen molar-refractivity contribution in [1.82, 2.24) is 0 Å². The molecule has 1 nitrogen and oxygen atoms in total. The predicted molar refractivity (Wildman–Crippen MR) is 35.1 cm³/mol. The van der Waals surface area contributed by atoms with Gasteiger partial charge in [-0.15, -0.1) is 0 Å². The van der Waals surface area contributed by atoms with Crippen molar-refractivity contribution in [3.8, 4) is 0 Å². The van der Waals surface area contributed by atoms with Gasteiger partial charge in [0.15, 0.2) is 0 Å². The van der Waals surface area contributed by atoms with E-state index < -0.39 is 0 Å². The molecule has 2 aliphatic carbocycles. The van der Waals surface area contributed by atoms with Crippen molar-refractivity contribution in [3.05, 3.63) is 0 Å². The maximum absolute atomic E-state index is 10.3. The molecule has 0 radical (unpaired) electrons. The Labute approximate surface area is 55.4 Å². The summed E-state index contributed by atoms with van der Waals surface area (Å²) in [7, 11) is 0. The van der Waals surface area contributed by atoms with Gasteiger partial charge >= 0.3 is 0 Å². The number of aldehydes is 1. The Morgan fingerprint density at radius 1 is 1.33 bits per heavy atom. The molecule has 0 N–H and O–H groups in total. The van der Waals surface area contributed by atoms with Gasteiger partial charge < -0.3 is 4.79 Å². The minimum atomic E-state index is 0.458. The average Bonchev–Trinajstić information content (AvgIpc) is 2.30. The van der Waals surface area contributed by atoms with Crippen LogP contribution < -0.4 is 0 Å². The van der Waals surface area contributed by atoms with E-state index in [0.29, 0.717) is 11.3 Å². The zero-order valence-electron chi connectivity index (χ0n) is 5.60. The van der Waals surface area contributed by atoms with Crippen LogP contribution in [0.3, 0.4) is 0 Å². The summed E-state index contributed by atoms with van der Waals surface area (Å²) in [4.78, 5) is 10.3. The van der Waals surface area contributed by atoms with Gasteiger partial charge in [0.2, 0.25) is 0 Å². The van der Waals surface area contributed by atoms with Crippen molar-refractivity contribution in [3.63, 3.8) is 0 Å². The van der Waals surface area contributed by atoms with Crippen LogP contribution in [0.15, 0.2) is 0 Å². The zero-order valence-corrected chi connectivity index (χ0v) is 5.60. The lowest BCUT2D eigenvalue weighted by Gasteiger charge is -2.01. The van der Waals surface area contributed by atoms with Crippen molar-refractivity contribution in [2.45, 2.75) is 32.1 Å². The lowest BCUT2D eigenvalue weighted by molar-refractivity contribution is -0.109. The van der Waals surface area contributed by atoms with Crippen molar-refractivity contribution in [1.29, 1.82) is 0 Å². The van der Waals surface area contributed by atoms with Crippen molar-refractivity contribution >= 4 is 6.29 Å². The van der Waals surface area contributed by atoms with Gasteiger partial charge in [-0.05, 0) is 24.7 Å². The molecule has 2 rings (SSSR count). The maximum atomic E-state index is 10.3. The molecule has 0 aromatic rings. The molecule has 1 atom stereocenters. The molecule has 2 fully saturated rings. The molecular weight excluding hydrogens is 112 g/mol. The molecule has 0 amide bonds. The molecule has 0 bridgehead atoms. The fourth-order valence-electron chi connectivity index (χ4n) is 2.23. The van der Waals surface area contributed by atoms with Crippen LogP contribution in [0.4, 0.5) is 0 Å². The largest absolute Gasteiger partial charge is 0.303 e. The highest BCUT2D eigenvalue weighted by molar-refractivity contribution is 5.60. The van der Waals surface area contributed by atoms with Gasteiger partial charge in [-0.25, -0.2) is 0 Å². The lowest BCUT2D eigenvalue weighted by Crippen LogP contribution is -1.96. The Hall–Kier alpha value is -0.330. The fraction of sp³-hybridized carbons (Fsp3) is 0.875. The van der Waals surface area contributed by atoms with Crippen LogP contribution in [-0.4, -0.2) is 6.29 Å². The first kappa shape index (κ1) is 5.45. The molecule has 0 aromatic heterocycles. The summed E-state index contributed by atoms with van der Waals surface area (Å²) in [5, 5.41) is 0. The Morgan fingerprint density at radius 2 is 2.00 bits per heavy atom. The molecule has 0 aromatic carbocycles. The van der Waals surface area contributed by atoms with E-state index in [4.69, 9.17) is 0 Å². The Kier molecular flexibility index (Phi) is 0.961. The fourth-order valence-corrected chi connectivity index (χ4v) is 2.23. The van der Waals surface area contributed by atoms with Gasteiger partial charge in [-0.3, -0.25) is 0 Å². The highest BCUT2D eigenvalue weighted by atomic mass is 16.1. The van der Waals surface area contributed by atoms with E-state index in [1.165, 1.54) is 32.1 Å². The normalized spacial score (nSPS) is 37.1. The molecule has 1 spiro atoms. The predicted octanol–water partition coefficient (Wildman–Crippen LogP) is 1.77. The number of hydrogen-bond donors (Lipinski definition) is 0. The smallest absolute Gasteiger partial charge is 0.123 e. The Morgan fingerprint density at radius 3 is 2.44 bits per heavy atom. The first-order chi connectivity index (χ1) is 4.37. The first-order valence-corrected chi connectivity index (χ1v) is 3.83. The van der Waals surface area contributed by atoms with Crippen LogP contribution in [-0.2, 0) is 4.79 Å². The zero-order chi connectivity index (χ0) is 6.32. The third kappa shape index (κ3) is 0.637. The third-order valence-corrected chi connectivity index (χ3v) is 3.02. The van der Waals surface area contributed by atoms with Crippen molar-refractivity contribution in [2.75, 3.05) is 0 Å². The minimum Gasteiger partial charge on any atom is -0.303 e. The number of carbonyl (C=O) groups excluding carboxylic acids is 1. The molecule has 0 heterocycles. The maximum Gasteiger partial charge on any atom is 0.123 e. The molecule has 0 aliphatic heterocycles. The summed E-state index contributed by atoms with van der Waals surface area (Å²) in [5.74, 6) is 0.458. The molecule has 0 saturated heterocycles. The van der Waals surface area contributed by atoms with E-state index >= 15 is 0 Å². The third-order valence-electron chi connectivity index (χ3n) is 3.02. The highest BCUT2D eigenvalue weighted by Gasteiger charge is 2.54. The number of hydrogen-bond acceptors (Lipinski definition) is 1. The summed E-state index contributed by atoms with van der Waals surface area (Å²) in [6, 6.07) is 0. The van der Waals surface area contributed by atoms with E-state index in [0.717, 1.165) is 6.29 Å². The van der Waals surface area contributed by atoms with Crippen LogP contribution in [0.5, 0.6) is 0 Å². The first-order valence-electron chi connectivity index (χ1n) is 3.83. The van der Waals surface area contributed by atoms with Crippen LogP contribution >= 0.6 is 0 Å². The topological polar surface area (TPSA) is 17.1 Å². The molecule has 2 aliphatic rings. The van der Waals surface area contributed by atoms with Crippen LogP contribution in [0.2, 0.25) is 0 Å². The van der Waals surface area contributed by atoms with E-state index in [9.17, 15) is 4.79 Å². The van der Waals surface area contributed by atoms with Crippen LogP contribution in [0.25, 0.3) is 0 Å². The Bertz CT molecular complexity index is 134. The van der Waals surface area contributed by atoms with Crippen LogP contribution in [0, 0.1) is 11.3 Å². The van der Waals surface area contributed by atoms with E-state index in [-0.39, 0.29) is 0 Å². The van der Waals surface area contributed by atoms with Crippen molar-refractivity contribution in [2.24, 2.45) is 11.3 Å². The Balaban J connectivity index is 2.04. The van der Waals surface area contributed by atoms with Gasteiger partial charge in [0.05, 0.1) is 0 Å². The quantitative estimate of drug-likeness (QED) is 0.487. The summed E-state index contributed by atoms with van der Waals surface area (Å²) < 4.78 is 0. The van der Waals surface area contributed by atoms with E-state index in [2.05, 4.69) is 0 Å². The summed E-state index contributed by atoms with van der Waals surface area (Å²) in [5.41, 5.74) is 0.543. The van der Waals surface area contributed by atoms with Crippen LogP contribution in [0.1, 0.15) is 32.1 Å². The molecule has 0 unspecified atom stereocenters. The molecule has 9 heavy (non-hydrogen) atoms. The number of carbonyl (C=O) groups is 1. The standard InChI is InChI=1S/C8H12O/c9-6-7-5-8(7)3-1-2-4-8/h6-7H,1-5H2/t7-/m0/s1. The van der Waals surface area contributed by atoms with Gasteiger partial charge in [0.1, 0.15) is 6.29 Å². The molecule has 2 saturated carbocycles. The molecule has 1 heteroatoms. The second-order valence-electron chi connectivity index (χ2n) is 3.52. The average molecular weight is 124 g/mol. The summed E-state index contributed by atoms with van der Waals surface area (Å²) in [6.45, 7) is 0. The minimum absolute atomic E-state index is 0.458. The van der Waals surface area contributed by atoms with Crippen molar-refractivity contribution < 1.29 is 4.79 Å². The molecule has 50 valence electrons. The summed E-state index contributed by atoms with van der Waals surface area (Å²) >= 11 is 0. The van der Waals surface area contributed by atoms with Gasteiger partial charge in [-0.2, -0.15) is 0 Å². The van der Waals surface area contributed by atoms with E-state index in [1.54, 1.807) is 0 Å². The summed E-state index contributed by atoms with van der Waals surface area (Å²) in [6.07, 6.45) is 7.75. The monoisotopic (exact) mass is 124 g/mol. The molecular formula is C8H12O. The second-order valence-corrected chi connectivity index (χ2v) is 3.52. The highest BCUT2D eigenvalue weighted by Crippen LogP contribution is 2.61. The number of rotatable bonds is 1. The lowest BCUT2D eigenvalue weighted by atomic mass is 10.0. The SMILES string of the molecule is O=C[C@@H]1CC12CCCC2. The van der Waals surface area contributed by atoms with Gasteiger partial charge in [-0.1, -0.05) is 12.8 Å². The second kappa shape index (κ2) is 1.59. The van der Waals surface area contributed by atoms with E-state index in [1.807, 2.05) is 0 Å².